The molecule has 0 saturated heterocycles. The molecular formula is C19H15N3. The van der Waals surface area contributed by atoms with Crippen LogP contribution in [0.5, 0.6) is 0 Å². The van der Waals surface area contributed by atoms with Gasteiger partial charge in [-0.25, -0.2) is 9.50 Å². The zero-order chi connectivity index (χ0) is 14.9. The predicted octanol–water partition coefficient (Wildman–Crippen LogP) is 4.36. The molecule has 2 aromatic heterocycles. The van der Waals surface area contributed by atoms with Crippen LogP contribution in [0.4, 0.5) is 0 Å². The highest BCUT2D eigenvalue weighted by molar-refractivity contribution is 5.94. The van der Waals surface area contributed by atoms with Crippen LogP contribution < -0.4 is 0 Å². The minimum absolute atomic E-state index is 0.839. The number of aryl methyl sites for hydroxylation is 1. The molecule has 3 heteroatoms. The standard InChI is InChI=1S/C19H15N3/c1-14-13-18-16-9-5-6-10-17(16)20-19(22(18)21-14)12-11-15-7-3-2-4-8-15/h2-13H,1H3/b12-11+. The summed E-state index contributed by atoms with van der Waals surface area (Å²) >= 11 is 0. The fourth-order valence-corrected chi connectivity index (χ4v) is 2.67. The molecule has 0 spiro atoms. The molecule has 0 aliphatic rings. The molecule has 0 bridgehead atoms. The molecular weight excluding hydrogens is 270 g/mol. The molecule has 2 heterocycles. The second-order valence-corrected chi connectivity index (χ2v) is 5.31. The van der Waals surface area contributed by atoms with Gasteiger partial charge in [0.25, 0.3) is 0 Å². The highest BCUT2D eigenvalue weighted by atomic mass is 15.3. The van der Waals surface area contributed by atoms with Crippen LogP contribution in [-0.4, -0.2) is 14.6 Å². The first kappa shape index (κ1) is 12.8. The lowest BCUT2D eigenvalue weighted by Crippen LogP contribution is -1.98. The van der Waals surface area contributed by atoms with Crippen LogP contribution in [0.1, 0.15) is 17.1 Å². The Labute approximate surface area is 128 Å². The lowest BCUT2D eigenvalue weighted by atomic mass is 10.2. The molecule has 4 rings (SSSR count). The SMILES string of the molecule is Cc1cc2c3ccccc3nc(/C=C/c3ccccc3)n2n1. The molecule has 0 radical (unpaired) electrons. The number of hydrogen-bond donors (Lipinski definition) is 0. The number of benzene rings is 2. The third-order valence-electron chi connectivity index (χ3n) is 3.69. The summed E-state index contributed by atoms with van der Waals surface area (Å²) in [5.74, 6) is 0.839. The van der Waals surface area contributed by atoms with Gasteiger partial charge in [-0.15, -0.1) is 0 Å². The van der Waals surface area contributed by atoms with Crippen LogP contribution in [0, 0.1) is 6.92 Å². The minimum Gasteiger partial charge on any atom is -0.229 e. The maximum absolute atomic E-state index is 4.75. The molecule has 3 nitrogen and oxygen atoms in total. The predicted molar refractivity (Wildman–Crippen MR) is 90.6 cm³/mol. The highest BCUT2D eigenvalue weighted by Gasteiger charge is 2.08. The second kappa shape index (κ2) is 5.11. The monoisotopic (exact) mass is 285 g/mol. The summed E-state index contributed by atoms with van der Waals surface area (Å²) in [6.45, 7) is 2.01. The number of para-hydroxylation sites is 1. The van der Waals surface area contributed by atoms with E-state index in [1.54, 1.807) is 0 Å². The highest BCUT2D eigenvalue weighted by Crippen LogP contribution is 2.21. The Bertz CT molecular complexity index is 982. The van der Waals surface area contributed by atoms with Crippen molar-refractivity contribution in [3.05, 3.63) is 77.7 Å². The summed E-state index contributed by atoms with van der Waals surface area (Å²) < 4.78 is 1.91. The van der Waals surface area contributed by atoms with Crippen molar-refractivity contribution in [3.8, 4) is 0 Å². The van der Waals surface area contributed by atoms with Gasteiger partial charge in [-0.05, 0) is 30.7 Å². The Balaban J connectivity index is 1.94. The number of hydrogen-bond acceptors (Lipinski definition) is 2. The van der Waals surface area contributed by atoms with Gasteiger partial charge in [-0.3, -0.25) is 0 Å². The van der Waals surface area contributed by atoms with Crippen LogP contribution in [0.25, 0.3) is 28.6 Å². The van der Waals surface area contributed by atoms with E-state index in [1.807, 2.05) is 53.9 Å². The molecule has 0 amide bonds. The van der Waals surface area contributed by atoms with E-state index in [0.717, 1.165) is 33.5 Å². The number of fused-ring (bicyclic) bond motifs is 3. The molecule has 0 aliphatic carbocycles. The first-order chi connectivity index (χ1) is 10.8. The smallest absolute Gasteiger partial charge is 0.154 e. The van der Waals surface area contributed by atoms with Gasteiger partial charge in [0.05, 0.1) is 16.7 Å². The average molecular weight is 285 g/mol. The van der Waals surface area contributed by atoms with Gasteiger partial charge >= 0.3 is 0 Å². The fraction of sp³-hybridized carbons (Fsp3) is 0.0526. The quantitative estimate of drug-likeness (QED) is 0.547. The normalized spacial score (nSPS) is 11.7. The summed E-state index contributed by atoms with van der Waals surface area (Å²) in [7, 11) is 0. The van der Waals surface area contributed by atoms with Crippen LogP contribution in [0.3, 0.4) is 0 Å². The zero-order valence-electron chi connectivity index (χ0n) is 12.3. The van der Waals surface area contributed by atoms with E-state index < -0.39 is 0 Å². The van der Waals surface area contributed by atoms with Gasteiger partial charge in [-0.1, -0.05) is 54.6 Å². The number of rotatable bonds is 2. The van der Waals surface area contributed by atoms with E-state index in [-0.39, 0.29) is 0 Å². The van der Waals surface area contributed by atoms with Gasteiger partial charge in [0.15, 0.2) is 5.82 Å². The zero-order valence-corrected chi connectivity index (χ0v) is 12.3. The van der Waals surface area contributed by atoms with E-state index in [9.17, 15) is 0 Å². The van der Waals surface area contributed by atoms with Crippen LogP contribution >= 0.6 is 0 Å². The Kier molecular flexibility index (Phi) is 2.97. The topological polar surface area (TPSA) is 30.2 Å². The molecule has 0 aliphatic heterocycles. The Morgan fingerprint density at radius 2 is 1.68 bits per heavy atom. The summed E-state index contributed by atoms with van der Waals surface area (Å²) in [5, 5.41) is 5.70. The van der Waals surface area contributed by atoms with Crippen molar-refractivity contribution in [1.29, 1.82) is 0 Å². The van der Waals surface area contributed by atoms with Gasteiger partial charge in [-0.2, -0.15) is 5.10 Å². The van der Waals surface area contributed by atoms with Crippen molar-refractivity contribution >= 4 is 28.6 Å². The van der Waals surface area contributed by atoms with E-state index in [0.29, 0.717) is 0 Å². The third kappa shape index (κ3) is 2.17. The number of nitrogens with zero attached hydrogens (tertiary/aromatic N) is 3. The molecule has 0 saturated carbocycles. The first-order valence-electron chi connectivity index (χ1n) is 7.29. The molecule has 106 valence electrons. The van der Waals surface area contributed by atoms with Crippen molar-refractivity contribution in [2.75, 3.05) is 0 Å². The van der Waals surface area contributed by atoms with Crippen molar-refractivity contribution < 1.29 is 0 Å². The molecule has 2 aromatic carbocycles. The lowest BCUT2D eigenvalue weighted by molar-refractivity contribution is 0.897. The third-order valence-corrected chi connectivity index (χ3v) is 3.69. The van der Waals surface area contributed by atoms with Crippen LogP contribution in [0.15, 0.2) is 60.7 Å². The maximum Gasteiger partial charge on any atom is 0.154 e. The van der Waals surface area contributed by atoms with E-state index in [1.165, 1.54) is 0 Å². The Morgan fingerprint density at radius 1 is 0.909 bits per heavy atom. The van der Waals surface area contributed by atoms with E-state index >= 15 is 0 Å². The van der Waals surface area contributed by atoms with Gasteiger partial charge in [0.1, 0.15) is 0 Å². The largest absolute Gasteiger partial charge is 0.229 e. The number of aromatic nitrogens is 3. The molecule has 22 heavy (non-hydrogen) atoms. The summed E-state index contributed by atoms with van der Waals surface area (Å²) in [6, 6.07) is 20.5. The van der Waals surface area contributed by atoms with Crippen molar-refractivity contribution in [2.24, 2.45) is 0 Å². The van der Waals surface area contributed by atoms with Crippen LogP contribution in [-0.2, 0) is 0 Å². The van der Waals surface area contributed by atoms with Gasteiger partial charge < -0.3 is 0 Å². The first-order valence-corrected chi connectivity index (χ1v) is 7.29. The molecule has 0 fully saturated rings. The average Bonchev–Trinajstić information content (AvgIpc) is 2.95. The van der Waals surface area contributed by atoms with Gasteiger partial charge in [0.2, 0.25) is 0 Å². The summed E-state index contributed by atoms with van der Waals surface area (Å²) in [4.78, 5) is 4.75. The Morgan fingerprint density at radius 3 is 2.55 bits per heavy atom. The second-order valence-electron chi connectivity index (χ2n) is 5.31. The van der Waals surface area contributed by atoms with Crippen molar-refractivity contribution in [3.63, 3.8) is 0 Å². The van der Waals surface area contributed by atoms with Crippen molar-refractivity contribution in [2.45, 2.75) is 6.92 Å². The van der Waals surface area contributed by atoms with E-state index in [2.05, 4.69) is 35.4 Å². The van der Waals surface area contributed by atoms with Crippen molar-refractivity contribution in [1.82, 2.24) is 14.6 Å². The molecule has 4 aromatic rings. The molecule has 0 N–H and O–H groups in total. The van der Waals surface area contributed by atoms with E-state index in [4.69, 9.17) is 4.98 Å². The lowest BCUT2D eigenvalue weighted by Gasteiger charge is -2.04. The fourth-order valence-electron chi connectivity index (χ4n) is 2.67. The molecule has 0 unspecified atom stereocenters. The summed E-state index contributed by atoms with van der Waals surface area (Å²) in [5.41, 5.74) is 4.22. The molecule has 0 atom stereocenters. The maximum atomic E-state index is 4.75. The minimum atomic E-state index is 0.839. The Hall–Kier alpha value is -2.94. The van der Waals surface area contributed by atoms with Crippen LogP contribution in [0.2, 0.25) is 0 Å². The summed E-state index contributed by atoms with van der Waals surface area (Å²) in [6.07, 6.45) is 4.08. The van der Waals surface area contributed by atoms with Gasteiger partial charge in [0, 0.05) is 5.39 Å².